The number of ether oxygens (including phenoxy) is 6. The van der Waals surface area contributed by atoms with E-state index < -0.39 is 48.0 Å². The summed E-state index contributed by atoms with van der Waals surface area (Å²) in [6, 6.07) is 11.6. The van der Waals surface area contributed by atoms with Crippen molar-refractivity contribution < 1.29 is 52.7 Å². The SMILES string of the molecule is CCOC(=O)C(C)OC(=O)C1(C(=O)OC(C)C(=O)OCC)Oc2ccc(C[C@@H](C)NC[C@H](O)c3cccc(Cl)c3)cc2O1. The number of nitrogens with one attached hydrogen (secondary N) is 1. The van der Waals surface area contributed by atoms with Crippen molar-refractivity contribution in [1.82, 2.24) is 5.32 Å². The summed E-state index contributed by atoms with van der Waals surface area (Å²) in [7, 11) is 0. The first kappa shape index (κ1) is 33.6. The predicted octanol–water partition coefficient (Wildman–Crippen LogP) is 3.05. The lowest BCUT2D eigenvalue weighted by molar-refractivity contribution is -0.211. The van der Waals surface area contributed by atoms with Gasteiger partial charge in [0.25, 0.3) is 0 Å². The second kappa shape index (κ2) is 15.0. The van der Waals surface area contributed by atoms with Crippen molar-refractivity contribution in [3.8, 4) is 11.5 Å². The van der Waals surface area contributed by atoms with Crippen LogP contribution in [0.25, 0.3) is 0 Å². The third-order valence-electron chi connectivity index (χ3n) is 6.29. The minimum Gasteiger partial charge on any atom is -0.463 e. The Morgan fingerprint density at radius 3 is 2.02 bits per heavy atom. The number of carbonyl (C=O) groups excluding carboxylic acids is 4. The van der Waals surface area contributed by atoms with Gasteiger partial charge < -0.3 is 38.8 Å². The Morgan fingerprint density at radius 1 is 0.884 bits per heavy atom. The Morgan fingerprint density at radius 2 is 1.47 bits per heavy atom. The maximum absolute atomic E-state index is 13.3. The number of aliphatic hydroxyl groups is 1. The van der Waals surface area contributed by atoms with Crippen molar-refractivity contribution in [1.29, 1.82) is 0 Å². The van der Waals surface area contributed by atoms with Gasteiger partial charge in [0.1, 0.15) is 0 Å². The Balaban J connectivity index is 1.75. The van der Waals surface area contributed by atoms with Crippen LogP contribution in [0.1, 0.15) is 51.8 Å². The van der Waals surface area contributed by atoms with Crippen molar-refractivity contribution in [2.45, 2.75) is 71.2 Å². The highest BCUT2D eigenvalue weighted by atomic mass is 35.5. The molecule has 0 bridgehead atoms. The minimum absolute atomic E-state index is 0.0298. The maximum atomic E-state index is 13.3. The van der Waals surface area contributed by atoms with Crippen molar-refractivity contribution in [3.05, 3.63) is 58.6 Å². The van der Waals surface area contributed by atoms with E-state index in [4.69, 9.17) is 40.0 Å². The Labute approximate surface area is 254 Å². The van der Waals surface area contributed by atoms with E-state index in [1.54, 1.807) is 50.2 Å². The fourth-order valence-corrected chi connectivity index (χ4v) is 4.28. The number of aliphatic hydroxyl groups excluding tert-OH is 1. The van der Waals surface area contributed by atoms with Gasteiger partial charge in [-0.25, -0.2) is 19.2 Å². The number of esters is 4. The van der Waals surface area contributed by atoms with Gasteiger partial charge in [-0.1, -0.05) is 29.8 Å². The predicted molar refractivity (Wildman–Crippen MR) is 152 cm³/mol. The number of carbonyl (C=O) groups is 4. The molecule has 12 nitrogen and oxygen atoms in total. The third-order valence-corrected chi connectivity index (χ3v) is 6.53. The molecule has 1 heterocycles. The molecule has 234 valence electrons. The molecule has 4 atom stereocenters. The molecule has 2 unspecified atom stereocenters. The van der Waals surface area contributed by atoms with Crippen LogP contribution < -0.4 is 14.8 Å². The molecule has 1 aliphatic rings. The van der Waals surface area contributed by atoms with Gasteiger partial charge in [0, 0.05) is 17.6 Å². The van der Waals surface area contributed by atoms with Crippen molar-refractivity contribution in [3.63, 3.8) is 0 Å². The second-order valence-electron chi connectivity index (χ2n) is 9.79. The molecule has 1 aliphatic heterocycles. The van der Waals surface area contributed by atoms with Crippen molar-refractivity contribution in [2.75, 3.05) is 19.8 Å². The molecule has 0 saturated carbocycles. The highest BCUT2D eigenvalue weighted by Crippen LogP contribution is 2.42. The van der Waals surface area contributed by atoms with E-state index in [-0.39, 0.29) is 37.3 Å². The smallest absolute Gasteiger partial charge is 0.453 e. The van der Waals surface area contributed by atoms with Gasteiger partial charge in [-0.15, -0.1) is 0 Å². The molecule has 2 N–H and O–H groups in total. The van der Waals surface area contributed by atoms with Crippen LogP contribution in [0.4, 0.5) is 0 Å². The third kappa shape index (κ3) is 8.59. The lowest BCUT2D eigenvalue weighted by Gasteiger charge is -2.25. The number of hydrogen-bond acceptors (Lipinski definition) is 12. The maximum Gasteiger partial charge on any atom is 0.453 e. The molecule has 0 spiro atoms. The summed E-state index contributed by atoms with van der Waals surface area (Å²) in [5, 5.41) is 14.3. The van der Waals surface area contributed by atoms with Crippen LogP contribution in [0.3, 0.4) is 0 Å². The molecule has 3 rings (SSSR count). The van der Waals surface area contributed by atoms with Crippen LogP contribution in [0.15, 0.2) is 42.5 Å². The van der Waals surface area contributed by atoms with Gasteiger partial charge in [-0.05, 0) is 76.4 Å². The molecule has 0 aromatic heterocycles. The molecule has 0 amide bonds. The molecule has 0 saturated heterocycles. The van der Waals surface area contributed by atoms with Gasteiger partial charge in [0.05, 0.1) is 19.3 Å². The van der Waals surface area contributed by atoms with E-state index in [1.807, 2.05) is 6.92 Å². The van der Waals surface area contributed by atoms with Gasteiger partial charge in [-0.3, -0.25) is 0 Å². The van der Waals surface area contributed by atoms with E-state index in [2.05, 4.69) is 5.32 Å². The first-order valence-corrected chi connectivity index (χ1v) is 14.2. The average molecular weight is 622 g/mol. The van der Waals surface area contributed by atoms with Crippen molar-refractivity contribution >= 4 is 35.5 Å². The monoisotopic (exact) mass is 621 g/mol. The summed E-state index contributed by atoms with van der Waals surface area (Å²) in [5.74, 6) is -7.19. The number of benzene rings is 2. The zero-order valence-corrected chi connectivity index (χ0v) is 25.3. The summed E-state index contributed by atoms with van der Waals surface area (Å²) in [6.07, 6.45) is -3.11. The summed E-state index contributed by atoms with van der Waals surface area (Å²) in [5.41, 5.74) is 1.43. The molecular weight excluding hydrogens is 586 g/mol. The van der Waals surface area contributed by atoms with Crippen LogP contribution in [0.2, 0.25) is 5.02 Å². The number of hydrogen-bond donors (Lipinski definition) is 2. The van der Waals surface area contributed by atoms with Crippen LogP contribution in [0.5, 0.6) is 11.5 Å². The number of halogens is 1. The van der Waals surface area contributed by atoms with E-state index >= 15 is 0 Å². The van der Waals surface area contributed by atoms with Crippen LogP contribution >= 0.6 is 11.6 Å². The largest absolute Gasteiger partial charge is 0.463 e. The fourth-order valence-electron chi connectivity index (χ4n) is 4.09. The molecule has 0 aliphatic carbocycles. The van der Waals surface area contributed by atoms with E-state index in [0.29, 0.717) is 17.0 Å². The second-order valence-corrected chi connectivity index (χ2v) is 10.2. The fraction of sp³-hybridized carbons (Fsp3) is 0.467. The van der Waals surface area contributed by atoms with Gasteiger partial charge in [0.2, 0.25) is 0 Å². The normalized spacial score (nSPS) is 18.1. The standard InChI is InChI=1S/C30H36ClNO11/c1-6-38-26(34)18(4)40-28(36)30(29(37)41-19(5)27(35)39-7-2)42-24-12-11-20(14-25(24)43-30)13-17(3)32-16-23(33)21-9-8-10-22(31)15-21/h8-12,14-15,17-19,23,32-33H,6-7,13,16H2,1-5H3/t17-,18?,19?,23+,30?/m1/s1. The average Bonchev–Trinajstić information content (AvgIpc) is 3.36. The molecule has 0 fully saturated rings. The van der Waals surface area contributed by atoms with Gasteiger partial charge in [0.15, 0.2) is 23.7 Å². The lowest BCUT2D eigenvalue weighted by atomic mass is 10.1. The molecule has 2 aromatic carbocycles. The van der Waals surface area contributed by atoms with Crippen molar-refractivity contribution in [2.24, 2.45) is 0 Å². The highest BCUT2D eigenvalue weighted by molar-refractivity contribution is 6.30. The quantitative estimate of drug-likeness (QED) is 0.181. The topological polar surface area (TPSA) is 156 Å². The summed E-state index contributed by atoms with van der Waals surface area (Å²) in [6.45, 7) is 7.95. The summed E-state index contributed by atoms with van der Waals surface area (Å²) >= 11 is 6.01. The molecule has 2 aromatic rings. The summed E-state index contributed by atoms with van der Waals surface area (Å²) in [4.78, 5) is 50.7. The van der Waals surface area contributed by atoms with Crippen LogP contribution in [0, 0.1) is 0 Å². The zero-order chi connectivity index (χ0) is 31.7. The molecule has 0 radical (unpaired) electrons. The summed E-state index contributed by atoms with van der Waals surface area (Å²) < 4.78 is 31.5. The van der Waals surface area contributed by atoms with E-state index in [0.717, 1.165) is 5.56 Å². The van der Waals surface area contributed by atoms with Crippen LogP contribution in [-0.2, 0) is 44.5 Å². The molecular formula is C30H36ClNO11. The number of fused-ring (bicyclic) bond motifs is 1. The number of rotatable bonds is 14. The zero-order valence-electron chi connectivity index (χ0n) is 24.6. The Bertz CT molecular complexity index is 1280. The Hall–Kier alpha value is -3.87. The van der Waals surface area contributed by atoms with Gasteiger partial charge in [-0.2, -0.15) is 0 Å². The van der Waals surface area contributed by atoms with Crippen LogP contribution in [-0.4, -0.2) is 72.8 Å². The minimum atomic E-state index is -2.80. The first-order chi connectivity index (χ1) is 20.4. The highest BCUT2D eigenvalue weighted by Gasteiger charge is 2.61. The van der Waals surface area contributed by atoms with E-state index in [1.165, 1.54) is 19.9 Å². The van der Waals surface area contributed by atoms with Gasteiger partial charge >= 0.3 is 29.7 Å². The molecule has 13 heteroatoms. The lowest BCUT2D eigenvalue weighted by Crippen LogP contribution is -2.57. The Kier molecular flexibility index (Phi) is 11.8. The first-order valence-electron chi connectivity index (χ1n) is 13.8. The molecule has 43 heavy (non-hydrogen) atoms. The van der Waals surface area contributed by atoms with E-state index in [9.17, 15) is 24.3 Å².